The molecule has 0 aliphatic carbocycles. The number of halogens is 2. The first kappa shape index (κ1) is 18.7. The van der Waals surface area contributed by atoms with Crippen LogP contribution in [0.5, 0.6) is 0 Å². The first-order valence-corrected chi connectivity index (χ1v) is 9.84. The van der Waals surface area contributed by atoms with Crippen molar-refractivity contribution in [2.24, 2.45) is 5.73 Å². The third-order valence-electron chi connectivity index (χ3n) is 5.27. The fourth-order valence-electron chi connectivity index (χ4n) is 3.98. The van der Waals surface area contributed by atoms with E-state index in [0.717, 1.165) is 47.5 Å². The molecule has 1 aromatic carbocycles. The molecule has 5 nitrogen and oxygen atoms in total. The zero-order valence-electron chi connectivity index (χ0n) is 15.1. The van der Waals surface area contributed by atoms with Gasteiger partial charge in [-0.05, 0) is 37.5 Å². The Bertz CT molecular complexity index is 911. The lowest BCUT2D eigenvalue weighted by Gasteiger charge is -2.20. The fourth-order valence-corrected chi connectivity index (χ4v) is 4.48. The Hall–Kier alpha value is -1.66. The van der Waals surface area contributed by atoms with E-state index in [1.165, 1.54) is 0 Å². The number of hydrogen-bond acceptors (Lipinski definition) is 4. The van der Waals surface area contributed by atoms with Crippen molar-refractivity contribution in [2.75, 3.05) is 13.2 Å². The van der Waals surface area contributed by atoms with E-state index in [4.69, 9.17) is 33.7 Å². The van der Waals surface area contributed by atoms with Crippen LogP contribution >= 0.6 is 23.2 Å². The molecule has 142 valence electrons. The lowest BCUT2D eigenvalue weighted by Crippen LogP contribution is -2.32. The van der Waals surface area contributed by atoms with Crippen molar-refractivity contribution in [3.8, 4) is 11.1 Å². The molecule has 2 aliphatic rings. The van der Waals surface area contributed by atoms with Gasteiger partial charge in [-0.15, -0.1) is 0 Å². The highest BCUT2D eigenvalue weighted by Crippen LogP contribution is 2.40. The van der Waals surface area contributed by atoms with Crippen molar-refractivity contribution in [3.63, 3.8) is 0 Å². The summed E-state index contributed by atoms with van der Waals surface area (Å²) in [5, 5.41) is 1.04. The number of aryl methyl sites for hydroxylation is 1. The van der Waals surface area contributed by atoms with E-state index < -0.39 is 0 Å². The molecule has 3 heterocycles. The number of benzene rings is 1. The highest BCUT2D eigenvalue weighted by molar-refractivity contribution is 6.36. The molecule has 1 fully saturated rings. The molecule has 1 unspecified atom stereocenters. The van der Waals surface area contributed by atoms with Gasteiger partial charge in [-0.3, -0.25) is 9.78 Å². The predicted octanol–water partition coefficient (Wildman–Crippen LogP) is 3.96. The molecule has 4 rings (SSSR count). The summed E-state index contributed by atoms with van der Waals surface area (Å²) in [6.07, 6.45) is 2.12. The highest BCUT2D eigenvalue weighted by Gasteiger charge is 2.36. The van der Waals surface area contributed by atoms with Gasteiger partial charge in [0.2, 0.25) is 0 Å². The summed E-state index contributed by atoms with van der Waals surface area (Å²) in [7, 11) is 0. The molecule has 0 bridgehead atoms. The van der Waals surface area contributed by atoms with Crippen molar-refractivity contribution < 1.29 is 9.53 Å². The van der Waals surface area contributed by atoms with Crippen LogP contribution in [0.15, 0.2) is 18.2 Å². The standard InChI is InChI=1S/C20H21Cl2N3O2/c1-11-15(8-23)18(14-5-4-12(21)7-16(14)22)19-17(24-11)10-25(20(19)26)9-13-3-2-6-27-13/h4-5,7,13H,2-3,6,8-10,23H2,1H3. The Morgan fingerprint density at radius 1 is 1.33 bits per heavy atom. The third kappa shape index (κ3) is 3.34. The summed E-state index contributed by atoms with van der Waals surface area (Å²) in [6.45, 7) is 4.03. The van der Waals surface area contributed by atoms with E-state index in [1.54, 1.807) is 12.1 Å². The van der Waals surface area contributed by atoms with Gasteiger partial charge >= 0.3 is 0 Å². The normalized spacial score (nSPS) is 19.0. The van der Waals surface area contributed by atoms with E-state index in [-0.39, 0.29) is 18.6 Å². The molecule has 0 saturated carbocycles. The Balaban J connectivity index is 1.82. The molecule has 2 aromatic rings. The number of fused-ring (bicyclic) bond motifs is 1. The van der Waals surface area contributed by atoms with Gasteiger partial charge < -0.3 is 15.4 Å². The minimum Gasteiger partial charge on any atom is -0.376 e. The summed E-state index contributed by atoms with van der Waals surface area (Å²) >= 11 is 12.5. The van der Waals surface area contributed by atoms with Gasteiger partial charge in [-0.2, -0.15) is 0 Å². The number of carbonyl (C=O) groups excluding carboxylic acids is 1. The molecule has 7 heteroatoms. The van der Waals surface area contributed by atoms with Crippen LogP contribution in [-0.4, -0.2) is 35.0 Å². The molecule has 2 aliphatic heterocycles. The first-order chi connectivity index (χ1) is 13.0. The van der Waals surface area contributed by atoms with E-state index in [9.17, 15) is 4.79 Å². The third-order valence-corrected chi connectivity index (χ3v) is 5.82. The van der Waals surface area contributed by atoms with E-state index in [2.05, 4.69) is 4.98 Å². The van der Waals surface area contributed by atoms with Crippen molar-refractivity contribution >= 4 is 29.1 Å². The SMILES string of the molecule is Cc1nc2c(c(-c3ccc(Cl)cc3Cl)c1CN)C(=O)N(CC1CCCO1)C2. The van der Waals surface area contributed by atoms with Gasteiger partial charge in [0.25, 0.3) is 5.91 Å². The zero-order chi connectivity index (χ0) is 19.1. The number of nitrogens with two attached hydrogens (primary N) is 1. The van der Waals surface area contributed by atoms with Crippen molar-refractivity contribution in [1.82, 2.24) is 9.88 Å². The topological polar surface area (TPSA) is 68.5 Å². The van der Waals surface area contributed by atoms with Gasteiger partial charge in [0.1, 0.15) is 0 Å². The average Bonchev–Trinajstić information content (AvgIpc) is 3.23. The Morgan fingerprint density at radius 2 is 2.15 bits per heavy atom. The number of hydrogen-bond donors (Lipinski definition) is 1. The van der Waals surface area contributed by atoms with Crippen molar-refractivity contribution in [2.45, 2.75) is 39.0 Å². The largest absolute Gasteiger partial charge is 0.376 e. The van der Waals surface area contributed by atoms with E-state index in [1.807, 2.05) is 17.9 Å². The fraction of sp³-hybridized carbons (Fsp3) is 0.400. The monoisotopic (exact) mass is 405 g/mol. The Labute approximate surface area is 168 Å². The predicted molar refractivity (Wildman–Crippen MR) is 106 cm³/mol. The molecule has 2 N–H and O–H groups in total. The molecule has 1 saturated heterocycles. The van der Waals surface area contributed by atoms with Crippen LogP contribution in [0.2, 0.25) is 10.0 Å². The molecule has 1 aromatic heterocycles. The number of amides is 1. The molecule has 0 radical (unpaired) electrons. The highest BCUT2D eigenvalue weighted by atomic mass is 35.5. The molecule has 1 atom stereocenters. The smallest absolute Gasteiger partial charge is 0.256 e. The maximum absolute atomic E-state index is 13.3. The van der Waals surface area contributed by atoms with Crippen LogP contribution in [0, 0.1) is 6.92 Å². The maximum Gasteiger partial charge on any atom is 0.256 e. The number of carbonyl (C=O) groups is 1. The van der Waals surface area contributed by atoms with Gasteiger partial charge in [0, 0.05) is 46.6 Å². The summed E-state index contributed by atoms with van der Waals surface area (Å²) in [5.74, 6) is -0.0382. The quantitative estimate of drug-likeness (QED) is 0.835. The Morgan fingerprint density at radius 3 is 2.81 bits per heavy atom. The number of aromatic nitrogens is 1. The summed E-state index contributed by atoms with van der Waals surface area (Å²) in [5.41, 5.74) is 10.6. The van der Waals surface area contributed by atoms with Crippen LogP contribution < -0.4 is 5.73 Å². The second kappa shape index (κ2) is 7.40. The van der Waals surface area contributed by atoms with Gasteiger partial charge in [0.05, 0.1) is 23.9 Å². The molecular formula is C20H21Cl2N3O2. The van der Waals surface area contributed by atoms with Crippen LogP contribution in [0.25, 0.3) is 11.1 Å². The zero-order valence-corrected chi connectivity index (χ0v) is 16.6. The minimum absolute atomic E-state index is 0.0382. The summed E-state index contributed by atoms with van der Waals surface area (Å²) in [6, 6.07) is 5.30. The van der Waals surface area contributed by atoms with E-state index >= 15 is 0 Å². The minimum atomic E-state index is -0.0382. The number of nitrogens with zero attached hydrogens (tertiary/aromatic N) is 2. The van der Waals surface area contributed by atoms with Crippen molar-refractivity contribution in [1.29, 1.82) is 0 Å². The Kier molecular flexibility index (Phi) is 5.12. The molecule has 1 amide bonds. The lowest BCUT2D eigenvalue weighted by atomic mass is 9.93. The van der Waals surface area contributed by atoms with Crippen LogP contribution in [0.3, 0.4) is 0 Å². The summed E-state index contributed by atoms with van der Waals surface area (Å²) in [4.78, 5) is 19.8. The van der Waals surface area contributed by atoms with Crippen LogP contribution in [0.1, 0.15) is 40.2 Å². The van der Waals surface area contributed by atoms with E-state index in [0.29, 0.717) is 28.7 Å². The van der Waals surface area contributed by atoms with Gasteiger partial charge in [-0.1, -0.05) is 29.3 Å². The number of pyridine rings is 1. The first-order valence-electron chi connectivity index (χ1n) is 9.08. The van der Waals surface area contributed by atoms with Crippen LogP contribution in [-0.2, 0) is 17.8 Å². The number of ether oxygens (including phenoxy) is 1. The second-order valence-electron chi connectivity index (χ2n) is 7.02. The lowest BCUT2D eigenvalue weighted by molar-refractivity contribution is 0.0544. The van der Waals surface area contributed by atoms with Gasteiger partial charge in [0.15, 0.2) is 0 Å². The number of rotatable bonds is 4. The molecule has 27 heavy (non-hydrogen) atoms. The van der Waals surface area contributed by atoms with Gasteiger partial charge in [-0.25, -0.2) is 0 Å². The average molecular weight is 406 g/mol. The molecular weight excluding hydrogens is 385 g/mol. The molecule has 0 spiro atoms. The maximum atomic E-state index is 13.3. The van der Waals surface area contributed by atoms with Crippen LogP contribution in [0.4, 0.5) is 0 Å². The summed E-state index contributed by atoms with van der Waals surface area (Å²) < 4.78 is 5.71. The van der Waals surface area contributed by atoms with Crippen molar-refractivity contribution in [3.05, 3.63) is 50.8 Å². The second-order valence-corrected chi connectivity index (χ2v) is 7.87.